The van der Waals surface area contributed by atoms with Crippen molar-refractivity contribution < 1.29 is 63.6 Å². The van der Waals surface area contributed by atoms with Crippen LogP contribution < -0.4 is 0 Å². The highest BCUT2D eigenvalue weighted by molar-refractivity contribution is 6.32. The third-order valence-electron chi connectivity index (χ3n) is 23.1. The first-order chi connectivity index (χ1) is 65.6. The Morgan fingerprint density at radius 3 is 0.771 bits per heavy atom. The molecule has 0 amide bonds. The van der Waals surface area contributed by atoms with Crippen LogP contribution in [0.15, 0.2) is 212 Å². The van der Waals surface area contributed by atoms with Gasteiger partial charge in [0.2, 0.25) is 0 Å². The van der Waals surface area contributed by atoms with Gasteiger partial charge in [0, 0.05) is 86.1 Å². The van der Waals surface area contributed by atoms with Crippen molar-refractivity contribution >= 4 is 130 Å². The van der Waals surface area contributed by atoms with E-state index >= 15 is 0 Å². The van der Waals surface area contributed by atoms with Crippen molar-refractivity contribution in [2.45, 2.75) is 220 Å². The number of aliphatic carboxylic acids is 1. The molecule has 734 valence electrons. The number of aliphatic hydroxyl groups is 4. The monoisotopic (exact) mass is 1990 g/mol. The Morgan fingerprint density at radius 1 is 0.293 bits per heavy atom. The number of hydrogen-bond donors (Lipinski definition) is 5. The van der Waals surface area contributed by atoms with Crippen LogP contribution in [0.5, 0.6) is 0 Å². The number of fused-ring (bicyclic) bond motifs is 5. The van der Waals surface area contributed by atoms with Gasteiger partial charge in [0.25, 0.3) is 0 Å². The molecule has 0 unspecified atom stereocenters. The van der Waals surface area contributed by atoms with Gasteiger partial charge in [0.15, 0.2) is 6.10 Å². The van der Waals surface area contributed by atoms with Crippen molar-refractivity contribution in [2.24, 2.45) is 10.8 Å². The highest BCUT2D eigenvalue weighted by Crippen LogP contribution is 2.47. The van der Waals surface area contributed by atoms with Crippen LogP contribution in [0, 0.1) is 80.1 Å². The van der Waals surface area contributed by atoms with Crippen LogP contribution >= 0.6 is 58.0 Å². The predicted molar refractivity (Wildman–Crippen MR) is 572 cm³/mol. The second-order valence-electron chi connectivity index (χ2n) is 40.5. The lowest BCUT2D eigenvalue weighted by molar-refractivity contribution is -0.162. The maximum atomic E-state index is 12.6. The van der Waals surface area contributed by atoms with E-state index in [-0.39, 0.29) is 44.0 Å². The molecule has 5 heterocycles. The van der Waals surface area contributed by atoms with Crippen LogP contribution in [0.2, 0.25) is 25.1 Å². The zero-order valence-corrected chi connectivity index (χ0v) is 88.3. The van der Waals surface area contributed by atoms with E-state index in [0.29, 0.717) is 30.7 Å². The van der Waals surface area contributed by atoms with Crippen LogP contribution in [0.1, 0.15) is 218 Å². The third-order valence-corrected chi connectivity index (χ3v) is 24.4. The summed E-state index contributed by atoms with van der Waals surface area (Å²) in [5.41, 5.74) is 24.7. The number of carbonyl (C=O) groups excluding carboxylic acids is 2. The van der Waals surface area contributed by atoms with E-state index in [1.54, 1.807) is 32.9 Å². The summed E-state index contributed by atoms with van der Waals surface area (Å²) >= 11 is 30.5. The molecule has 15 aromatic rings. The molecule has 5 aromatic heterocycles. The van der Waals surface area contributed by atoms with Gasteiger partial charge in [0.1, 0.15) is 37.6 Å². The Hall–Kier alpha value is -11.2. The number of hydrogen-bond acceptors (Lipinski definition) is 17. The summed E-state index contributed by atoms with van der Waals surface area (Å²) in [7, 11) is 0. The Kier molecular flexibility index (Phi) is 35.8. The van der Waals surface area contributed by atoms with Gasteiger partial charge in [-0.3, -0.25) is 34.5 Å². The summed E-state index contributed by atoms with van der Waals surface area (Å²) in [4.78, 5) is 60.3. The van der Waals surface area contributed by atoms with Crippen molar-refractivity contribution in [1.82, 2.24) is 24.9 Å². The molecule has 23 heteroatoms. The summed E-state index contributed by atoms with van der Waals surface area (Å²) < 4.78 is 29.9. The fourth-order valence-corrected chi connectivity index (χ4v) is 17.6. The fourth-order valence-electron chi connectivity index (χ4n) is 17.0. The van der Waals surface area contributed by atoms with Gasteiger partial charge < -0.3 is 49.2 Å². The molecular formula is C117H128Cl5N5O13. The van der Waals surface area contributed by atoms with Gasteiger partial charge in [-0.25, -0.2) is 4.79 Å². The standard InChI is InChI=1S/C28H34ClNO3.C24H26ClNO3.C23H24ClNO3.C23H26ClNO2.C19H18ClNO2/c1-17-15-22-21(14-9-18(2)30-22)25(19-10-12-20(29)13-11-19)24(17)23(33-28(6,7)8)16-32-26(31)27(3,4)5;1-14-12-19-18(11-6-15(2)26-19)22(16-7-9-17(25)10-8-16)21(14)20(27)13-29-23(28)24(3,4)5;1-13-12-18-17(11-6-14(2)25-18)20(15-7-9-16(24)10-8-15)19(13)21(22(26)27)28-23(3,4)5;1-14-12-19-18(11-6-15(2)25-19)22(16-7-9-17(24)10-8-16)21(14)20(13-26)27-23(3,4)5;1-11-9-16-15(8-3-12(2)21-16)19(18(11)17(23)10-22)13-4-6-14(20)7-5-13/h9-15,23H,16H2,1-8H3;6-12,20,27H,13H2,1-5H3;6-12,21H,1-5H3,(H,26,27);6-12,20,26H,13H2,1-5H3;3-9,17,22-23H,10H2,1-2H3/t23-;20-;21-;20-;17-/m11011/s1. The first-order valence-electron chi connectivity index (χ1n) is 46.6. The second kappa shape index (κ2) is 45.8. The minimum atomic E-state index is -1.10. The molecule has 0 fully saturated rings. The second-order valence-corrected chi connectivity index (χ2v) is 42.7. The summed E-state index contributed by atoms with van der Waals surface area (Å²) in [5, 5.41) is 59.0. The predicted octanol–water partition coefficient (Wildman–Crippen LogP) is 29.7. The van der Waals surface area contributed by atoms with Crippen LogP contribution in [0.4, 0.5) is 0 Å². The highest BCUT2D eigenvalue weighted by atomic mass is 35.5. The minimum absolute atomic E-state index is 0.0938. The van der Waals surface area contributed by atoms with Gasteiger partial charge >= 0.3 is 17.9 Å². The Labute approximate surface area is 847 Å². The first-order valence-corrected chi connectivity index (χ1v) is 48.5. The summed E-state index contributed by atoms with van der Waals surface area (Å²) in [5.74, 6) is -1.62. The number of aromatic nitrogens is 5. The van der Waals surface area contributed by atoms with Gasteiger partial charge in [0.05, 0.1) is 68.4 Å². The third kappa shape index (κ3) is 27.8. The van der Waals surface area contributed by atoms with Crippen molar-refractivity contribution in [3.05, 3.63) is 322 Å². The molecule has 0 saturated heterocycles. The van der Waals surface area contributed by atoms with Crippen molar-refractivity contribution in [3.63, 3.8) is 0 Å². The number of aliphatic hydroxyl groups excluding tert-OH is 4. The Balaban J connectivity index is 0.000000168. The number of benzene rings is 10. The topological polar surface area (TPSA) is 263 Å². The summed E-state index contributed by atoms with van der Waals surface area (Å²) in [6.07, 6.45) is -3.88. The van der Waals surface area contributed by atoms with Gasteiger partial charge in [-0.1, -0.05) is 149 Å². The quantitative estimate of drug-likeness (QED) is 0.0444. The van der Waals surface area contributed by atoms with E-state index in [4.69, 9.17) is 91.7 Å². The SMILES string of the molecule is Cc1ccc2c(-c3ccc(Cl)cc3)c([C@@H](CO)OC(C)(C)C)c(C)cc2n1.Cc1ccc2c(-c3ccc(Cl)cc3)c([C@@H](COC(=O)C(C)(C)C)OC(C)(C)C)c(C)cc2n1.Cc1ccc2c(-c3ccc(Cl)cc3)c([C@H](O)CO)c(C)cc2n1.Cc1ccc2c(-c3ccc(Cl)cc3)c([C@H](O)COC(=O)C(C)(C)C)c(C)cc2n1.Cc1ccc2c(-c3ccc(Cl)cc3)c([C@H](OC(C)(C)C)C(=O)O)c(C)cc2n1. The van der Waals surface area contributed by atoms with E-state index in [1.807, 2.05) is 321 Å². The molecule has 0 aliphatic carbocycles. The number of carboxylic acid groups (broad SMARTS) is 1. The lowest BCUT2D eigenvalue weighted by Crippen LogP contribution is -2.30. The molecule has 0 spiro atoms. The molecule has 0 aliphatic heterocycles. The van der Waals surface area contributed by atoms with Gasteiger partial charge in [-0.05, 0) is 400 Å². The van der Waals surface area contributed by atoms with Gasteiger partial charge in [-0.15, -0.1) is 0 Å². The maximum Gasteiger partial charge on any atom is 0.337 e. The largest absolute Gasteiger partial charge is 0.479 e. The number of esters is 2. The van der Waals surface area contributed by atoms with E-state index < -0.39 is 58.5 Å². The van der Waals surface area contributed by atoms with Crippen LogP contribution in [0.3, 0.4) is 0 Å². The summed E-state index contributed by atoms with van der Waals surface area (Å²) in [6, 6.07) is 68.0. The van der Waals surface area contributed by atoms with E-state index in [0.717, 1.165) is 189 Å². The number of aryl methyl sites for hydroxylation is 10. The molecule has 0 bridgehead atoms. The number of ether oxygens (including phenoxy) is 5. The Bertz CT molecular complexity index is 7000. The number of carboxylic acids is 1. The number of nitrogens with zero attached hydrogens (tertiary/aromatic N) is 5. The molecule has 5 N–H and O–H groups in total. The zero-order valence-electron chi connectivity index (χ0n) is 84.6. The van der Waals surface area contributed by atoms with Crippen molar-refractivity contribution in [3.8, 4) is 55.6 Å². The Morgan fingerprint density at radius 2 is 0.521 bits per heavy atom. The van der Waals surface area contributed by atoms with E-state index in [1.165, 1.54) is 0 Å². The fraction of sp³-hybridized carbons (Fsp3) is 0.333. The molecule has 0 saturated carbocycles. The molecular weight excluding hydrogens is 1860 g/mol. The molecule has 5 atom stereocenters. The molecule has 10 aromatic carbocycles. The van der Waals surface area contributed by atoms with Crippen molar-refractivity contribution in [2.75, 3.05) is 26.4 Å². The molecule has 140 heavy (non-hydrogen) atoms. The summed E-state index contributed by atoms with van der Waals surface area (Å²) in [6.45, 7) is 47.8. The first kappa shape index (κ1) is 109. The average molecular weight is 1990 g/mol. The number of halogens is 5. The number of carbonyl (C=O) groups is 3. The van der Waals surface area contributed by atoms with Crippen LogP contribution in [0.25, 0.3) is 110 Å². The molecule has 15 rings (SSSR count). The lowest BCUT2D eigenvalue weighted by Gasteiger charge is -2.31. The lowest BCUT2D eigenvalue weighted by atomic mass is 9.88. The molecule has 18 nitrogen and oxygen atoms in total. The number of pyridine rings is 5. The smallest absolute Gasteiger partial charge is 0.337 e. The normalized spacial score (nSPS) is 13.0. The van der Waals surface area contributed by atoms with Gasteiger partial charge in [-0.2, -0.15) is 0 Å². The maximum absolute atomic E-state index is 12.6. The number of rotatable bonds is 20. The highest BCUT2D eigenvalue weighted by Gasteiger charge is 2.36. The van der Waals surface area contributed by atoms with Crippen LogP contribution in [-0.2, 0) is 38.1 Å². The van der Waals surface area contributed by atoms with E-state index in [2.05, 4.69) is 46.1 Å². The van der Waals surface area contributed by atoms with E-state index in [9.17, 15) is 39.9 Å². The minimum Gasteiger partial charge on any atom is -0.479 e. The zero-order chi connectivity index (χ0) is 103. The van der Waals surface area contributed by atoms with Crippen LogP contribution in [-0.4, -0.2) is 112 Å². The molecule has 0 aliphatic rings. The average Bonchev–Trinajstić information content (AvgIpc) is 0.766. The van der Waals surface area contributed by atoms with Crippen molar-refractivity contribution in [1.29, 1.82) is 0 Å². The molecule has 0 radical (unpaired) electrons.